The molecule has 1 aliphatic heterocycles. The van der Waals surface area contributed by atoms with E-state index in [1.807, 2.05) is 0 Å². The van der Waals surface area contributed by atoms with E-state index in [0.717, 1.165) is 5.92 Å². The van der Waals surface area contributed by atoms with Crippen molar-refractivity contribution in [2.75, 3.05) is 19.6 Å². The average Bonchev–Trinajstić information content (AvgIpc) is 2.74. The molecule has 2 aliphatic rings. The first-order valence-corrected chi connectivity index (χ1v) is 6.86. The van der Waals surface area contributed by atoms with Crippen molar-refractivity contribution in [3.8, 4) is 0 Å². The Morgan fingerprint density at radius 2 is 1.75 bits per heavy atom. The number of fused-ring (bicyclic) bond motifs is 1. The lowest BCUT2D eigenvalue weighted by molar-refractivity contribution is 0.0773. The van der Waals surface area contributed by atoms with Crippen LogP contribution in [0, 0.1) is 22.2 Å². The van der Waals surface area contributed by atoms with Crippen LogP contribution in [0.3, 0.4) is 0 Å². The zero-order chi connectivity index (χ0) is 12.2. The molecule has 1 heteroatoms. The van der Waals surface area contributed by atoms with Crippen molar-refractivity contribution in [2.24, 2.45) is 22.2 Å². The van der Waals surface area contributed by atoms with Gasteiger partial charge in [-0.1, -0.05) is 41.5 Å². The van der Waals surface area contributed by atoms with Gasteiger partial charge in [0.1, 0.15) is 0 Å². The van der Waals surface area contributed by atoms with Crippen molar-refractivity contribution in [1.82, 2.24) is 4.90 Å². The van der Waals surface area contributed by atoms with E-state index in [1.165, 1.54) is 32.5 Å². The third-order valence-electron chi connectivity index (χ3n) is 4.78. The van der Waals surface area contributed by atoms with Crippen molar-refractivity contribution in [3.63, 3.8) is 0 Å². The standard InChI is InChI=1S/C15H29N/c1-13(2,3)11-16-8-7-15(14(4,5)6)9-12(15)10-16/h12H,7-11H2,1-6H3. The first-order valence-electron chi connectivity index (χ1n) is 6.86. The number of nitrogens with zero attached hydrogens (tertiary/aromatic N) is 1. The number of rotatable bonds is 1. The summed E-state index contributed by atoms with van der Waals surface area (Å²) < 4.78 is 0. The van der Waals surface area contributed by atoms with E-state index in [9.17, 15) is 0 Å². The maximum Gasteiger partial charge on any atom is 0.00302 e. The molecule has 0 bridgehead atoms. The molecule has 2 fully saturated rings. The minimum atomic E-state index is 0.455. The van der Waals surface area contributed by atoms with Crippen molar-refractivity contribution < 1.29 is 0 Å². The second-order valence-electron chi connectivity index (χ2n) is 8.35. The van der Waals surface area contributed by atoms with Crippen LogP contribution in [0.4, 0.5) is 0 Å². The van der Waals surface area contributed by atoms with Gasteiger partial charge in [-0.15, -0.1) is 0 Å². The zero-order valence-electron chi connectivity index (χ0n) is 12.1. The molecule has 1 aliphatic carbocycles. The van der Waals surface area contributed by atoms with Gasteiger partial charge in [-0.05, 0) is 41.5 Å². The van der Waals surface area contributed by atoms with Gasteiger partial charge < -0.3 is 4.90 Å². The van der Waals surface area contributed by atoms with E-state index < -0.39 is 0 Å². The number of piperidine rings is 1. The van der Waals surface area contributed by atoms with E-state index >= 15 is 0 Å². The van der Waals surface area contributed by atoms with Gasteiger partial charge in [-0.3, -0.25) is 0 Å². The molecule has 2 atom stereocenters. The van der Waals surface area contributed by atoms with E-state index in [2.05, 4.69) is 46.4 Å². The summed E-state index contributed by atoms with van der Waals surface area (Å²) in [5, 5.41) is 0. The Labute approximate surface area is 102 Å². The molecule has 1 saturated heterocycles. The Balaban J connectivity index is 1.93. The van der Waals surface area contributed by atoms with Gasteiger partial charge in [0, 0.05) is 13.1 Å². The molecule has 0 aromatic heterocycles. The fourth-order valence-electron chi connectivity index (χ4n) is 3.79. The molecule has 0 aromatic carbocycles. The molecule has 16 heavy (non-hydrogen) atoms. The van der Waals surface area contributed by atoms with Crippen molar-refractivity contribution >= 4 is 0 Å². The van der Waals surface area contributed by atoms with Crippen molar-refractivity contribution in [1.29, 1.82) is 0 Å². The second kappa shape index (κ2) is 3.48. The molecule has 0 aromatic rings. The fourth-order valence-corrected chi connectivity index (χ4v) is 3.79. The van der Waals surface area contributed by atoms with E-state index in [4.69, 9.17) is 0 Å². The first-order chi connectivity index (χ1) is 7.14. The molecule has 0 radical (unpaired) electrons. The smallest absolute Gasteiger partial charge is 0.00302 e. The summed E-state index contributed by atoms with van der Waals surface area (Å²) in [6, 6.07) is 0. The van der Waals surface area contributed by atoms with E-state index in [0.29, 0.717) is 16.2 Å². The highest BCUT2D eigenvalue weighted by Gasteiger charge is 2.62. The van der Waals surface area contributed by atoms with E-state index in [1.54, 1.807) is 0 Å². The summed E-state index contributed by atoms with van der Waals surface area (Å²) in [6.45, 7) is 18.3. The molecule has 2 unspecified atom stereocenters. The SMILES string of the molecule is CC(C)(C)CN1CCC2(C(C)(C)C)CC2C1. The van der Waals surface area contributed by atoms with Crippen LogP contribution in [0.5, 0.6) is 0 Å². The topological polar surface area (TPSA) is 3.24 Å². The quantitative estimate of drug-likeness (QED) is 0.654. The molecule has 1 heterocycles. The highest BCUT2D eigenvalue weighted by molar-refractivity contribution is 5.12. The van der Waals surface area contributed by atoms with Crippen LogP contribution in [0.15, 0.2) is 0 Å². The predicted molar refractivity (Wildman–Crippen MR) is 70.5 cm³/mol. The largest absolute Gasteiger partial charge is 0.302 e. The lowest BCUT2D eigenvalue weighted by atomic mass is 9.72. The average molecular weight is 223 g/mol. The summed E-state index contributed by atoms with van der Waals surface area (Å²) in [7, 11) is 0. The molecule has 1 nitrogen and oxygen atoms in total. The summed E-state index contributed by atoms with van der Waals surface area (Å²) >= 11 is 0. The summed E-state index contributed by atoms with van der Waals surface area (Å²) in [6.07, 6.45) is 2.91. The number of likely N-dealkylation sites (tertiary alicyclic amines) is 1. The number of hydrogen-bond donors (Lipinski definition) is 0. The van der Waals surface area contributed by atoms with Crippen LogP contribution in [0.1, 0.15) is 54.4 Å². The first kappa shape index (κ1) is 12.4. The zero-order valence-corrected chi connectivity index (χ0v) is 12.1. The van der Waals surface area contributed by atoms with Crippen molar-refractivity contribution in [2.45, 2.75) is 54.4 Å². The third kappa shape index (κ3) is 2.16. The van der Waals surface area contributed by atoms with E-state index in [-0.39, 0.29) is 0 Å². The lowest BCUT2D eigenvalue weighted by Gasteiger charge is -2.41. The van der Waals surface area contributed by atoms with Crippen molar-refractivity contribution in [3.05, 3.63) is 0 Å². The highest BCUT2D eigenvalue weighted by atomic mass is 15.2. The maximum absolute atomic E-state index is 2.70. The minimum absolute atomic E-state index is 0.455. The molecular weight excluding hydrogens is 194 g/mol. The van der Waals surface area contributed by atoms with Crippen LogP contribution >= 0.6 is 0 Å². The highest BCUT2D eigenvalue weighted by Crippen LogP contribution is 2.67. The molecular formula is C15H29N. The molecule has 0 N–H and O–H groups in total. The molecule has 2 rings (SSSR count). The van der Waals surface area contributed by atoms with Gasteiger partial charge in [-0.2, -0.15) is 0 Å². The fraction of sp³-hybridized carbons (Fsp3) is 1.00. The molecule has 1 saturated carbocycles. The van der Waals surface area contributed by atoms with Gasteiger partial charge >= 0.3 is 0 Å². The van der Waals surface area contributed by atoms with Crippen LogP contribution in [-0.4, -0.2) is 24.5 Å². The monoisotopic (exact) mass is 223 g/mol. The van der Waals surface area contributed by atoms with Gasteiger partial charge in [0.2, 0.25) is 0 Å². The summed E-state index contributed by atoms with van der Waals surface area (Å²) in [4.78, 5) is 2.70. The number of hydrogen-bond acceptors (Lipinski definition) is 1. The van der Waals surface area contributed by atoms with Crippen LogP contribution in [0.25, 0.3) is 0 Å². The molecule has 0 spiro atoms. The van der Waals surface area contributed by atoms with Crippen LogP contribution in [0.2, 0.25) is 0 Å². The normalized spacial score (nSPS) is 36.0. The van der Waals surface area contributed by atoms with Gasteiger partial charge in [0.05, 0.1) is 0 Å². The Hall–Kier alpha value is -0.0400. The Morgan fingerprint density at radius 1 is 1.12 bits per heavy atom. The van der Waals surface area contributed by atoms with Gasteiger partial charge in [-0.25, -0.2) is 0 Å². The Kier molecular flexibility index (Phi) is 2.70. The Bertz CT molecular complexity index is 268. The minimum Gasteiger partial charge on any atom is -0.302 e. The Morgan fingerprint density at radius 3 is 2.19 bits per heavy atom. The van der Waals surface area contributed by atoms with Crippen LogP contribution in [-0.2, 0) is 0 Å². The van der Waals surface area contributed by atoms with Gasteiger partial charge in [0.15, 0.2) is 0 Å². The van der Waals surface area contributed by atoms with Crippen LogP contribution < -0.4 is 0 Å². The summed E-state index contributed by atoms with van der Waals surface area (Å²) in [5.41, 5.74) is 1.67. The molecule has 0 amide bonds. The maximum atomic E-state index is 2.70. The van der Waals surface area contributed by atoms with Gasteiger partial charge in [0.25, 0.3) is 0 Å². The third-order valence-corrected chi connectivity index (χ3v) is 4.78. The predicted octanol–water partition coefficient (Wildman–Crippen LogP) is 3.79. The second-order valence-corrected chi connectivity index (χ2v) is 8.35. The lowest BCUT2D eigenvalue weighted by Crippen LogP contribution is -2.42. The molecule has 94 valence electrons. The summed E-state index contributed by atoms with van der Waals surface area (Å²) in [5.74, 6) is 0.989.